The van der Waals surface area contributed by atoms with E-state index in [0.717, 1.165) is 22.1 Å². The van der Waals surface area contributed by atoms with Crippen molar-refractivity contribution in [2.45, 2.75) is 18.2 Å². The fourth-order valence-electron chi connectivity index (χ4n) is 2.76. The summed E-state index contributed by atoms with van der Waals surface area (Å²) in [5.74, 6) is 0.822. The second-order valence-electron chi connectivity index (χ2n) is 5.70. The lowest BCUT2D eigenvalue weighted by atomic mass is 10.1. The zero-order valence-corrected chi connectivity index (χ0v) is 14.9. The molecule has 0 unspecified atom stereocenters. The molecule has 5 heteroatoms. The van der Waals surface area contributed by atoms with Gasteiger partial charge in [-0.15, -0.1) is 0 Å². The highest BCUT2D eigenvalue weighted by Gasteiger charge is 2.16. The molecule has 0 bridgehead atoms. The highest BCUT2D eigenvalue weighted by Crippen LogP contribution is 2.22. The van der Waals surface area contributed by atoms with E-state index in [9.17, 15) is 8.42 Å². The second kappa shape index (κ2) is 7.68. The van der Waals surface area contributed by atoms with Gasteiger partial charge in [-0.05, 0) is 42.5 Å². The molecule has 0 amide bonds. The van der Waals surface area contributed by atoms with Crippen LogP contribution in [-0.2, 0) is 16.4 Å². The Morgan fingerprint density at radius 3 is 2.40 bits per heavy atom. The Kier molecular flexibility index (Phi) is 5.36. The molecule has 0 spiro atoms. The fraction of sp³-hybridized carbons (Fsp3) is 0.200. The maximum Gasteiger partial charge on any atom is 0.241 e. The molecule has 130 valence electrons. The number of rotatable bonds is 7. The van der Waals surface area contributed by atoms with Gasteiger partial charge in [-0.1, -0.05) is 48.5 Å². The summed E-state index contributed by atoms with van der Waals surface area (Å²) in [5.41, 5.74) is 1.06. The van der Waals surface area contributed by atoms with E-state index in [2.05, 4.69) is 4.72 Å². The SMILES string of the molecule is CCOc1ccc(CCNS(=O)(=O)c2cccc3ccccc23)cc1. The van der Waals surface area contributed by atoms with E-state index in [1.165, 1.54) is 0 Å². The fourth-order valence-corrected chi connectivity index (χ4v) is 4.02. The van der Waals surface area contributed by atoms with E-state index in [0.29, 0.717) is 24.5 Å². The molecule has 0 heterocycles. The minimum atomic E-state index is -3.55. The van der Waals surface area contributed by atoms with Crippen molar-refractivity contribution in [2.24, 2.45) is 0 Å². The molecule has 0 saturated carbocycles. The molecule has 25 heavy (non-hydrogen) atoms. The molecular formula is C20H21NO3S. The first-order valence-corrected chi connectivity index (χ1v) is 9.77. The van der Waals surface area contributed by atoms with Gasteiger partial charge in [0.2, 0.25) is 10.0 Å². The van der Waals surface area contributed by atoms with Crippen molar-refractivity contribution in [3.05, 3.63) is 72.3 Å². The normalized spacial score (nSPS) is 11.6. The summed E-state index contributed by atoms with van der Waals surface area (Å²) in [4.78, 5) is 0.317. The van der Waals surface area contributed by atoms with Crippen LogP contribution < -0.4 is 9.46 Å². The lowest BCUT2D eigenvalue weighted by Crippen LogP contribution is -2.26. The van der Waals surface area contributed by atoms with E-state index in [-0.39, 0.29) is 0 Å². The smallest absolute Gasteiger partial charge is 0.241 e. The Hall–Kier alpha value is -2.37. The second-order valence-corrected chi connectivity index (χ2v) is 7.44. The van der Waals surface area contributed by atoms with Gasteiger partial charge < -0.3 is 4.74 Å². The molecule has 0 fully saturated rings. The van der Waals surface area contributed by atoms with Crippen molar-refractivity contribution in [1.82, 2.24) is 4.72 Å². The van der Waals surface area contributed by atoms with Crippen LogP contribution in [0.5, 0.6) is 5.75 Å². The highest BCUT2D eigenvalue weighted by molar-refractivity contribution is 7.89. The molecular weight excluding hydrogens is 334 g/mol. The van der Waals surface area contributed by atoms with E-state index in [1.54, 1.807) is 12.1 Å². The van der Waals surface area contributed by atoms with E-state index >= 15 is 0 Å². The van der Waals surface area contributed by atoms with Gasteiger partial charge in [0.25, 0.3) is 0 Å². The van der Waals surface area contributed by atoms with Gasteiger partial charge in [0.1, 0.15) is 5.75 Å². The van der Waals surface area contributed by atoms with Crippen LogP contribution in [0.3, 0.4) is 0 Å². The van der Waals surface area contributed by atoms with Crippen LogP contribution in [0.4, 0.5) is 0 Å². The Morgan fingerprint density at radius 2 is 1.64 bits per heavy atom. The lowest BCUT2D eigenvalue weighted by Gasteiger charge is -2.10. The third-order valence-electron chi connectivity index (χ3n) is 3.98. The monoisotopic (exact) mass is 355 g/mol. The summed E-state index contributed by atoms with van der Waals surface area (Å²) >= 11 is 0. The van der Waals surface area contributed by atoms with Gasteiger partial charge >= 0.3 is 0 Å². The molecule has 3 rings (SSSR count). The Bertz CT molecular complexity index is 945. The van der Waals surface area contributed by atoms with Crippen molar-refractivity contribution in [1.29, 1.82) is 0 Å². The molecule has 4 nitrogen and oxygen atoms in total. The third kappa shape index (κ3) is 4.18. The quantitative estimate of drug-likeness (QED) is 0.702. The van der Waals surface area contributed by atoms with Crippen molar-refractivity contribution in [2.75, 3.05) is 13.2 Å². The lowest BCUT2D eigenvalue weighted by molar-refractivity contribution is 0.340. The minimum Gasteiger partial charge on any atom is -0.494 e. The first kappa shape index (κ1) is 17.5. The molecule has 3 aromatic rings. The van der Waals surface area contributed by atoms with E-state index in [1.807, 2.05) is 61.5 Å². The summed E-state index contributed by atoms with van der Waals surface area (Å²) in [6.45, 7) is 2.92. The Balaban J connectivity index is 1.69. The average Bonchev–Trinajstić information content (AvgIpc) is 2.63. The zero-order chi connectivity index (χ0) is 17.7. The van der Waals surface area contributed by atoms with Crippen LogP contribution in [0.2, 0.25) is 0 Å². The number of hydrogen-bond donors (Lipinski definition) is 1. The van der Waals surface area contributed by atoms with Crippen molar-refractivity contribution < 1.29 is 13.2 Å². The molecule has 0 saturated heterocycles. The van der Waals surface area contributed by atoms with Crippen molar-refractivity contribution in [3.8, 4) is 5.75 Å². The number of hydrogen-bond acceptors (Lipinski definition) is 3. The number of sulfonamides is 1. The van der Waals surface area contributed by atoms with Gasteiger partial charge in [0, 0.05) is 11.9 Å². The average molecular weight is 355 g/mol. The maximum atomic E-state index is 12.6. The summed E-state index contributed by atoms with van der Waals surface area (Å²) in [5, 5.41) is 1.65. The minimum absolute atomic E-state index is 0.317. The topological polar surface area (TPSA) is 55.4 Å². The Labute approximate surface area is 148 Å². The summed E-state index contributed by atoms with van der Waals surface area (Å²) in [6.07, 6.45) is 0.621. The van der Waals surface area contributed by atoms with Crippen LogP contribution in [0.1, 0.15) is 12.5 Å². The predicted molar refractivity (Wildman–Crippen MR) is 100 cm³/mol. The molecule has 0 aliphatic heterocycles. The molecule has 0 aromatic heterocycles. The summed E-state index contributed by atoms with van der Waals surface area (Å²) in [7, 11) is -3.55. The number of benzene rings is 3. The van der Waals surface area contributed by atoms with Gasteiger partial charge in [0.05, 0.1) is 11.5 Å². The van der Waals surface area contributed by atoms with Gasteiger partial charge in [-0.2, -0.15) is 0 Å². The van der Waals surface area contributed by atoms with Crippen LogP contribution in [-0.4, -0.2) is 21.6 Å². The highest BCUT2D eigenvalue weighted by atomic mass is 32.2. The summed E-state index contributed by atoms with van der Waals surface area (Å²) in [6, 6.07) is 20.5. The Morgan fingerprint density at radius 1 is 0.920 bits per heavy atom. The van der Waals surface area contributed by atoms with Crippen LogP contribution in [0.15, 0.2) is 71.6 Å². The van der Waals surface area contributed by atoms with Crippen molar-refractivity contribution >= 4 is 20.8 Å². The van der Waals surface area contributed by atoms with Gasteiger partial charge in [-0.3, -0.25) is 0 Å². The standard InChI is InChI=1S/C20H21NO3S/c1-2-24-18-12-10-16(11-13-18)14-15-21-25(22,23)20-9-5-7-17-6-3-4-8-19(17)20/h3-13,21H,2,14-15H2,1H3. The van der Waals surface area contributed by atoms with Crippen LogP contribution >= 0.6 is 0 Å². The molecule has 1 N–H and O–H groups in total. The number of ether oxygens (including phenoxy) is 1. The molecule has 0 radical (unpaired) electrons. The molecule has 3 aromatic carbocycles. The number of fused-ring (bicyclic) bond motifs is 1. The molecule has 0 aliphatic carbocycles. The van der Waals surface area contributed by atoms with E-state index < -0.39 is 10.0 Å². The third-order valence-corrected chi connectivity index (χ3v) is 5.50. The number of nitrogens with one attached hydrogen (secondary N) is 1. The van der Waals surface area contributed by atoms with Crippen LogP contribution in [0, 0.1) is 0 Å². The molecule has 0 aliphatic rings. The van der Waals surface area contributed by atoms with Gasteiger partial charge in [0.15, 0.2) is 0 Å². The largest absolute Gasteiger partial charge is 0.494 e. The zero-order valence-electron chi connectivity index (χ0n) is 14.1. The maximum absolute atomic E-state index is 12.6. The predicted octanol–water partition coefficient (Wildman–Crippen LogP) is 3.76. The van der Waals surface area contributed by atoms with E-state index in [4.69, 9.17) is 4.74 Å². The van der Waals surface area contributed by atoms with Crippen LogP contribution in [0.25, 0.3) is 10.8 Å². The van der Waals surface area contributed by atoms with Gasteiger partial charge in [-0.25, -0.2) is 13.1 Å². The first-order chi connectivity index (χ1) is 12.1. The first-order valence-electron chi connectivity index (χ1n) is 8.29. The molecule has 0 atom stereocenters. The summed E-state index contributed by atoms with van der Waals surface area (Å²) < 4.78 is 33.4. The van der Waals surface area contributed by atoms with Crippen molar-refractivity contribution in [3.63, 3.8) is 0 Å².